The summed E-state index contributed by atoms with van der Waals surface area (Å²) >= 11 is 0. The number of rotatable bonds is 1. The third-order valence-corrected chi connectivity index (χ3v) is 4.46. The molecule has 0 aromatic carbocycles. The molecule has 78 valence electrons. The van der Waals surface area contributed by atoms with Crippen molar-refractivity contribution >= 4 is 15.4 Å². The highest BCUT2D eigenvalue weighted by atomic mass is 32.2. The molecule has 0 radical (unpaired) electrons. The first-order valence-electron chi connectivity index (χ1n) is 4.49. The van der Waals surface area contributed by atoms with Crippen LogP contribution in [0.3, 0.4) is 0 Å². The quantitative estimate of drug-likeness (QED) is 0.485. The monoisotopic (exact) mass is 215 g/mol. The second-order valence-corrected chi connectivity index (χ2v) is 6.40. The molecule has 1 aliphatic rings. The molecular formula is C8H13N3O2S. The highest BCUT2D eigenvalue weighted by molar-refractivity contribution is 8.00. The van der Waals surface area contributed by atoms with Crippen LogP contribution in [0, 0.1) is 5.41 Å². The lowest BCUT2D eigenvalue weighted by molar-refractivity contribution is -0.790. The van der Waals surface area contributed by atoms with Gasteiger partial charge in [-0.25, -0.2) is 4.68 Å². The Kier molecular flexibility index (Phi) is 2.22. The smallest absolute Gasteiger partial charge is 0.264 e. The summed E-state index contributed by atoms with van der Waals surface area (Å²) in [5, 5.41) is 10.9. The van der Waals surface area contributed by atoms with E-state index in [2.05, 4.69) is 15.7 Å². The normalized spacial score (nSPS) is 33.0. The Labute approximate surface area is 82.2 Å². The first-order valence-corrected chi connectivity index (χ1v) is 6.56. The summed E-state index contributed by atoms with van der Waals surface area (Å²) in [6.45, 7) is 0. The molecule has 1 aliphatic heterocycles. The maximum Gasteiger partial charge on any atom is 0.264 e. The molecule has 0 aliphatic carbocycles. The fourth-order valence-electron chi connectivity index (χ4n) is 1.64. The van der Waals surface area contributed by atoms with Gasteiger partial charge in [0.1, 0.15) is 0 Å². The van der Waals surface area contributed by atoms with Crippen LogP contribution < -0.4 is 15.5 Å². The zero-order chi connectivity index (χ0) is 10.2. The maximum absolute atomic E-state index is 11.6. The van der Waals surface area contributed by atoms with Crippen LogP contribution in [0.1, 0.15) is 18.9 Å². The van der Waals surface area contributed by atoms with Gasteiger partial charge >= 0.3 is 0 Å². The van der Waals surface area contributed by atoms with E-state index in [1.807, 2.05) is 0 Å². The predicted molar refractivity (Wildman–Crippen MR) is 51.3 cm³/mol. The van der Waals surface area contributed by atoms with Gasteiger partial charge in [0.15, 0.2) is 6.04 Å². The molecule has 0 spiro atoms. The Hall–Kier alpha value is -1.04. The first-order chi connectivity index (χ1) is 6.57. The summed E-state index contributed by atoms with van der Waals surface area (Å²) in [7, 11) is -1.84. The average molecular weight is 215 g/mol. The lowest BCUT2D eigenvalue weighted by Gasteiger charge is -2.21. The van der Waals surface area contributed by atoms with E-state index in [1.54, 1.807) is 10.9 Å². The zero-order valence-electron chi connectivity index (χ0n) is 7.81. The fourth-order valence-corrected chi connectivity index (χ4v) is 3.25. The summed E-state index contributed by atoms with van der Waals surface area (Å²) in [5.74, 6) is 4.99. The minimum atomic E-state index is -1.84. The number of nitrogens with zero attached hydrogens (tertiary/aromatic N) is 2. The third-order valence-electron chi connectivity index (χ3n) is 2.50. The molecule has 0 atom stereocenters. The Morgan fingerprint density at radius 1 is 1.64 bits per heavy atom. The van der Waals surface area contributed by atoms with Crippen LogP contribution in [0.4, 0.5) is 0 Å². The van der Waals surface area contributed by atoms with Crippen LogP contribution in [-0.2, 0) is 9.52 Å². The summed E-state index contributed by atoms with van der Waals surface area (Å²) < 4.78 is 17.9. The van der Waals surface area contributed by atoms with Crippen molar-refractivity contribution in [1.82, 2.24) is 5.27 Å². The zero-order valence-corrected chi connectivity index (χ0v) is 8.63. The summed E-state index contributed by atoms with van der Waals surface area (Å²) in [6, 6.07) is 0.217. The van der Waals surface area contributed by atoms with E-state index in [0.717, 1.165) is 12.8 Å². The molecule has 14 heavy (non-hydrogen) atoms. The van der Waals surface area contributed by atoms with Gasteiger partial charge in [0.25, 0.3) is 5.55 Å². The van der Waals surface area contributed by atoms with Gasteiger partial charge in [-0.3, -0.25) is 14.9 Å². The highest BCUT2D eigenvalue weighted by Crippen LogP contribution is 2.17. The van der Waals surface area contributed by atoms with E-state index < -0.39 is 9.52 Å². The van der Waals surface area contributed by atoms with Crippen molar-refractivity contribution in [1.29, 1.82) is 5.41 Å². The highest BCUT2D eigenvalue weighted by Gasteiger charge is 2.24. The molecule has 6 heteroatoms. The van der Waals surface area contributed by atoms with Crippen LogP contribution in [-0.4, -0.2) is 21.6 Å². The van der Waals surface area contributed by atoms with Gasteiger partial charge in [-0.15, -0.1) is 0 Å². The number of aromatic nitrogens is 2. The van der Waals surface area contributed by atoms with Gasteiger partial charge in [0, 0.05) is 24.3 Å². The fraction of sp³-hybridized carbons (Fsp3) is 0.625. The molecule has 1 aromatic rings. The molecule has 2 rings (SSSR count). The number of hydrogen-bond donors (Lipinski definition) is 1. The first kappa shape index (κ1) is 9.51. The molecule has 0 saturated carbocycles. The van der Waals surface area contributed by atoms with Crippen molar-refractivity contribution in [3.8, 4) is 0 Å². The molecule has 1 N–H and O–H groups in total. The van der Waals surface area contributed by atoms with Gasteiger partial charge in [-0.1, -0.05) is 0 Å². The van der Waals surface area contributed by atoms with Crippen LogP contribution in [0.2, 0.25) is 0 Å². The Morgan fingerprint density at radius 3 is 2.79 bits per heavy atom. The van der Waals surface area contributed by atoms with Gasteiger partial charge in [-0.2, -0.15) is 0 Å². The van der Waals surface area contributed by atoms with E-state index in [1.165, 1.54) is 0 Å². The van der Waals surface area contributed by atoms with Crippen molar-refractivity contribution in [2.24, 2.45) is 0 Å². The van der Waals surface area contributed by atoms with Crippen LogP contribution >= 0.6 is 0 Å². The standard InChI is InChI=1S/C8H13N3O2S/c1-14(12)4-2-7(3-5-14)11-6-8(9)13-10-11/h6-7,9H,1-5H2. The van der Waals surface area contributed by atoms with Crippen LogP contribution in [0.15, 0.2) is 10.7 Å². The van der Waals surface area contributed by atoms with E-state index in [0.29, 0.717) is 11.5 Å². The van der Waals surface area contributed by atoms with Gasteiger partial charge in [0.05, 0.1) is 0 Å². The Balaban J connectivity index is 2.13. The van der Waals surface area contributed by atoms with Crippen molar-refractivity contribution in [3.05, 3.63) is 11.8 Å². The van der Waals surface area contributed by atoms with Crippen molar-refractivity contribution in [2.45, 2.75) is 18.9 Å². The van der Waals surface area contributed by atoms with Crippen LogP contribution in [0.5, 0.6) is 0 Å². The third kappa shape index (κ3) is 1.89. The lowest BCUT2D eigenvalue weighted by Crippen LogP contribution is -2.46. The number of nitrogens with one attached hydrogen (secondary N) is 1. The number of hydrogen-bond acceptors (Lipinski definition) is 3. The molecule has 2 heterocycles. The molecule has 0 bridgehead atoms. The maximum atomic E-state index is 11.6. The van der Waals surface area contributed by atoms with E-state index in [4.69, 9.17) is 5.41 Å². The molecule has 5 nitrogen and oxygen atoms in total. The summed E-state index contributed by atoms with van der Waals surface area (Å²) in [4.78, 5) is 0. The second kappa shape index (κ2) is 3.27. The van der Waals surface area contributed by atoms with Crippen molar-refractivity contribution in [2.75, 3.05) is 11.5 Å². The lowest BCUT2D eigenvalue weighted by atomic mass is 10.2. The topological polar surface area (TPSA) is 72.0 Å². The molecule has 0 unspecified atom stereocenters. The summed E-state index contributed by atoms with van der Waals surface area (Å²) in [6.07, 6.45) is 3.17. The van der Waals surface area contributed by atoms with Crippen molar-refractivity contribution < 1.29 is 13.4 Å². The minimum Gasteiger partial charge on any atom is -0.487 e. The van der Waals surface area contributed by atoms with Gasteiger partial charge in [0.2, 0.25) is 6.20 Å². The molecule has 1 saturated heterocycles. The second-order valence-electron chi connectivity index (χ2n) is 3.65. The predicted octanol–water partition coefficient (Wildman–Crippen LogP) is -0.945. The average Bonchev–Trinajstić information content (AvgIpc) is 2.52. The molecule has 0 amide bonds. The van der Waals surface area contributed by atoms with E-state index in [-0.39, 0.29) is 11.6 Å². The summed E-state index contributed by atoms with van der Waals surface area (Å²) in [5.41, 5.74) is 0.0610. The van der Waals surface area contributed by atoms with Gasteiger partial charge < -0.3 is 4.52 Å². The van der Waals surface area contributed by atoms with Gasteiger partial charge in [-0.05, 0) is 15.4 Å². The van der Waals surface area contributed by atoms with Crippen molar-refractivity contribution in [3.63, 3.8) is 0 Å². The molecule has 1 fully saturated rings. The molecular weight excluding hydrogens is 202 g/mol. The minimum absolute atomic E-state index is 0.0610. The molecule has 1 aromatic heterocycles. The van der Waals surface area contributed by atoms with Crippen LogP contribution in [0.25, 0.3) is 0 Å². The van der Waals surface area contributed by atoms with E-state index in [9.17, 15) is 4.21 Å². The SMILES string of the molecule is C=S1(=O)CCC([n+]2cc(=N)o[n-]2)CC1. The Bertz CT molecular complexity index is 457. The largest absolute Gasteiger partial charge is 0.487 e. The van der Waals surface area contributed by atoms with E-state index >= 15 is 0 Å². The Morgan fingerprint density at radius 2 is 2.29 bits per heavy atom.